The number of hydrogen-bond acceptors (Lipinski definition) is 3. The highest BCUT2D eigenvalue weighted by molar-refractivity contribution is 5.79. The Kier molecular flexibility index (Phi) is 6.31. The summed E-state index contributed by atoms with van der Waals surface area (Å²) in [6.07, 6.45) is -0.512. The van der Waals surface area contributed by atoms with Gasteiger partial charge in [0, 0.05) is 12.5 Å². The summed E-state index contributed by atoms with van der Waals surface area (Å²) in [7, 11) is 0. The van der Waals surface area contributed by atoms with Crippen molar-refractivity contribution in [2.24, 2.45) is 0 Å². The van der Waals surface area contributed by atoms with Crippen LogP contribution in [0.3, 0.4) is 0 Å². The first-order chi connectivity index (χ1) is 17.1. The standard InChI is InChI=1S/C30H25NO4/c32-29(33)17-22-9-1-2-11-23(22)21-10-7-8-20(16-21)18-31-30(34)35-19-28-26-14-5-3-12-24(26)25-13-4-6-15-27(25)28/h1-16,28H,17-19H2,(H,31,34)(H,32,33). The van der Waals surface area contributed by atoms with E-state index in [9.17, 15) is 14.7 Å². The molecule has 0 saturated carbocycles. The molecular weight excluding hydrogens is 438 g/mol. The van der Waals surface area contributed by atoms with Crippen LogP contribution in [0.1, 0.15) is 28.2 Å². The van der Waals surface area contributed by atoms with Crippen molar-refractivity contribution in [3.05, 3.63) is 119 Å². The fraction of sp³-hybridized carbons (Fsp3) is 0.133. The number of carboxylic acid groups (broad SMARTS) is 1. The number of rotatable bonds is 7. The SMILES string of the molecule is O=C(O)Cc1ccccc1-c1cccc(CNC(=O)OCC2c3ccccc3-c3ccccc32)c1. The third-order valence-electron chi connectivity index (χ3n) is 6.38. The van der Waals surface area contributed by atoms with Gasteiger partial charge in [0.15, 0.2) is 0 Å². The third kappa shape index (κ3) is 4.80. The van der Waals surface area contributed by atoms with Crippen molar-refractivity contribution in [2.45, 2.75) is 18.9 Å². The van der Waals surface area contributed by atoms with Crippen molar-refractivity contribution in [3.8, 4) is 22.3 Å². The molecule has 1 amide bonds. The topological polar surface area (TPSA) is 75.6 Å². The number of carboxylic acids is 1. The monoisotopic (exact) mass is 463 g/mol. The molecule has 5 heteroatoms. The molecule has 174 valence electrons. The minimum absolute atomic E-state index is 0.0159. The Morgan fingerprint density at radius 2 is 1.40 bits per heavy atom. The van der Waals surface area contributed by atoms with Crippen LogP contribution in [-0.4, -0.2) is 23.8 Å². The lowest BCUT2D eigenvalue weighted by atomic mass is 9.96. The second kappa shape index (κ2) is 9.85. The molecule has 4 aromatic rings. The third-order valence-corrected chi connectivity index (χ3v) is 6.38. The molecule has 2 N–H and O–H groups in total. The van der Waals surface area contributed by atoms with Crippen LogP contribution in [0.5, 0.6) is 0 Å². The summed E-state index contributed by atoms with van der Waals surface area (Å²) in [5, 5.41) is 12.1. The van der Waals surface area contributed by atoms with Crippen molar-refractivity contribution >= 4 is 12.1 Å². The van der Waals surface area contributed by atoms with Gasteiger partial charge in [0.25, 0.3) is 0 Å². The molecule has 5 rings (SSSR count). The van der Waals surface area contributed by atoms with E-state index in [0.29, 0.717) is 6.54 Å². The summed E-state index contributed by atoms with van der Waals surface area (Å²) in [6.45, 7) is 0.577. The molecule has 5 nitrogen and oxygen atoms in total. The van der Waals surface area contributed by atoms with Gasteiger partial charge in [-0.15, -0.1) is 0 Å². The normalized spacial score (nSPS) is 12.0. The zero-order valence-corrected chi connectivity index (χ0v) is 19.1. The number of aliphatic carboxylic acids is 1. The molecule has 0 unspecified atom stereocenters. The zero-order chi connectivity index (χ0) is 24.2. The minimum Gasteiger partial charge on any atom is -0.481 e. The highest BCUT2D eigenvalue weighted by atomic mass is 16.5. The lowest BCUT2D eigenvalue weighted by Gasteiger charge is -2.15. The second-order valence-electron chi connectivity index (χ2n) is 8.61. The molecule has 0 aliphatic heterocycles. The molecule has 0 bridgehead atoms. The molecule has 0 saturated heterocycles. The van der Waals surface area contributed by atoms with Crippen LogP contribution in [0.2, 0.25) is 0 Å². The van der Waals surface area contributed by atoms with Gasteiger partial charge in [0.1, 0.15) is 6.61 Å². The second-order valence-corrected chi connectivity index (χ2v) is 8.61. The smallest absolute Gasteiger partial charge is 0.407 e. The predicted octanol–water partition coefficient (Wildman–Crippen LogP) is 6.02. The molecule has 4 aromatic carbocycles. The Labute approximate surface area is 204 Å². The summed E-state index contributed by atoms with van der Waals surface area (Å²) in [5.41, 5.74) is 8.17. The van der Waals surface area contributed by atoms with Crippen LogP contribution in [0.4, 0.5) is 4.79 Å². The number of nitrogens with one attached hydrogen (secondary N) is 1. The van der Waals surface area contributed by atoms with Gasteiger partial charge in [-0.2, -0.15) is 0 Å². The number of amides is 1. The molecular formula is C30H25NO4. The number of benzene rings is 4. The van der Waals surface area contributed by atoms with Crippen molar-refractivity contribution in [2.75, 3.05) is 6.61 Å². The molecule has 0 radical (unpaired) electrons. The van der Waals surface area contributed by atoms with E-state index < -0.39 is 12.1 Å². The molecule has 0 atom stereocenters. The zero-order valence-electron chi connectivity index (χ0n) is 19.1. The Bertz CT molecular complexity index is 1350. The maximum absolute atomic E-state index is 12.5. The van der Waals surface area contributed by atoms with E-state index in [1.807, 2.05) is 72.8 Å². The largest absolute Gasteiger partial charge is 0.481 e. The van der Waals surface area contributed by atoms with Gasteiger partial charge in [-0.3, -0.25) is 4.79 Å². The number of alkyl carbamates (subject to hydrolysis) is 1. The van der Waals surface area contributed by atoms with E-state index in [2.05, 4.69) is 29.6 Å². The lowest BCUT2D eigenvalue weighted by molar-refractivity contribution is -0.136. The maximum atomic E-state index is 12.5. The fourth-order valence-corrected chi connectivity index (χ4v) is 4.79. The number of carbonyl (C=O) groups is 2. The predicted molar refractivity (Wildman–Crippen MR) is 135 cm³/mol. The van der Waals surface area contributed by atoms with Crippen LogP contribution in [0.25, 0.3) is 22.3 Å². The number of fused-ring (bicyclic) bond motifs is 3. The van der Waals surface area contributed by atoms with Gasteiger partial charge in [-0.05, 0) is 50.6 Å². The summed E-state index contributed by atoms with van der Waals surface area (Å²) in [6, 6.07) is 31.7. The van der Waals surface area contributed by atoms with E-state index in [4.69, 9.17) is 4.74 Å². The summed E-state index contributed by atoms with van der Waals surface area (Å²) >= 11 is 0. The van der Waals surface area contributed by atoms with E-state index in [1.54, 1.807) is 0 Å². The summed E-state index contributed by atoms with van der Waals surface area (Å²) < 4.78 is 5.62. The molecule has 0 aromatic heterocycles. The van der Waals surface area contributed by atoms with E-state index in [0.717, 1.165) is 22.3 Å². The molecule has 1 aliphatic rings. The van der Waals surface area contributed by atoms with Gasteiger partial charge >= 0.3 is 12.1 Å². The van der Waals surface area contributed by atoms with Crippen LogP contribution < -0.4 is 5.32 Å². The first-order valence-electron chi connectivity index (χ1n) is 11.6. The van der Waals surface area contributed by atoms with Crippen LogP contribution >= 0.6 is 0 Å². The van der Waals surface area contributed by atoms with E-state index in [-0.39, 0.29) is 18.9 Å². The summed E-state index contributed by atoms with van der Waals surface area (Å²) in [5.74, 6) is -0.854. The van der Waals surface area contributed by atoms with Gasteiger partial charge in [-0.1, -0.05) is 91.0 Å². The molecule has 0 heterocycles. The first kappa shape index (κ1) is 22.4. The van der Waals surface area contributed by atoms with E-state index in [1.165, 1.54) is 22.3 Å². The molecule has 35 heavy (non-hydrogen) atoms. The van der Waals surface area contributed by atoms with Crippen molar-refractivity contribution < 1.29 is 19.4 Å². The van der Waals surface area contributed by atoms with Gasteiger partial charge in [0.05, 0.1) is 6.42 Å². The highest BCUT2D eigenvalue weighted by Crippen LogP contribution is 2.44. The van der Waals surface area contributed by atoms with Gasteiger partial charge in [-0.25, -0.2) is 4.79 Å². The molecule has 1 aliphatic carbocycles. The number of carbonyl (C=O) groups excluding carboxylic acids is 1. The maximum Gasteiger partial charge on any atom is 0.407 e. The molecule has 0 spiro atoms. The van der Waals surface area contributed by atoms with Crippen LogP contribution in [0.15, 0.2) is 97.1 Å². The van der Waals surface area contributed by atoms with Gasteiger partial charge < -0.3 is 15.2 Å². The van der Waals surface area contributed by atoms with Crippen LogP contribution in [-0.2, 0) is 22.5 Å². The Hall–Kier alpha value is -4.38. The molecule has 0 fully saturated rings. The lowest BCUT2D eigenvalue weighted by Crippen LogP contribution is -2.25. The van der Waals surface area contributed by atoms with Crippen molar-refractivity contribution in [1.82, 2.24) is 5.32 Å². The van der Waals surface area contributed by atoms with Crippen molar-refractivity contribution in [1.29, 1.82) is 0 Å². The van der Waals surface area contributed by atoms with Gasteiger partial charge in [0.2, 0.25) is 0 Å². The quantitative estimate of drug-likeness (QED) is 0.351. The minimum atomic E-state index is -0.870. The average molecular weight is 464 g/mol. The Morgan fingerprint density at radius 3 is 2.09 bits per heavy atom. The van der Waals surface area contributed by atoms with Crippen LogP contribution in [0, 0.1) is 0 Å². The Balaban J connectivity index is 1.24. The van der Waals surface area contributed by atoms with Crippen molar-refractivity contribution in [3.63, 3.8) is 0 Å². The first-order valence-corrected chi connectivity index (χ1v) is 11.6. The summed E-state index contributed by atoms with van der Waals surface area (Å²) in [4.78, 5) is 23.8. The average Bonchev–Trinajstić information content (AvgIpc) is 3.20. The fourth-order valence-electron chi connectivity index (χ4n) is 4.79. The number of ether oxygens (including phenoxy) is 1. The Morgan fingerprint density at radius 1 is 0.771 bits per heavy atom. The number of hydrogen-bond donors (Lipinski definition) is 2. The highest BCUT2D eigenvalue weighted by Gasteiger charge is 2.28. The van der Waals surface area contributed by atoms with E-state index >= 15 is 0 Å².